The maximum Gasteiger partial charge on any atom is 0.242 e. The second-order valence-electron chi connectivity index (χ2n) is 6.94. The summed E-state index contributed by atoms with van der Waals surface area (Å²) in [5, 5.41) is 2.94. The summed E-state index contributed by atoms with van der Waals surface area (Å²) >= 11 is 0. The second-order valence-corrected chi connectivity index (χ2v) is 8.98. The van der Waals surface area contributed by atoms with Crippen molar-refractivity contribution in [3.63, 3.8) is 0 Å². The number of benzene rings is 2. The lowest BCUT2D eigenvalue weighted by molar-refractivity contribution is -0.121. The van der Waals surface area contributed by atoms with Crippen LogP contribution in [0.25, 0.3) is 0 Å². The number of ether oxygens (including phenoxy) is 2. The molecule has 0 spiro atoms. The number of hydrogen-bond donors (Lipinski definition) is 1. The SMILES string of the molecule is CC(NC(=O)CCCN(C)S(=O)(=O)c1ccccc1)c1ccc2c(c1)OCCO2. The molecule has 0 aliphatic carbocycles. The van der Waals surface area contributed by atoms with Gasteiger partial charge >= 0.3 is 0 Å². The molecule has 7 nitrogen and oxygen atoms in total. The minimum absolute atomic E-state index is 0.127. The molecule has 1 N–H and O–H groups in total. The summed E-state index contributed by atoms with van der Waals surface area (Å²) in [5.74, 6) is 1.27. The zero-order valence-corrected chi connectivity index (χ0v) is 17.4. The summed E-state index contributed by atoms with van der Waals surface area (Å²) in [5.41, 5.74) is 0.923. The molecule has 0 fully saturated rings. The van der Waals surface area contributed by atoms with Crippen LogP contribution in [0.1, 0.15) is 31.4 Å². The van der Waals surface area contributed by atoms with E-state index >= 15 is 0 Å². The maximum absolute atomic E-state index is 12.5. The van der Waals surface area contributed by atoms with Crippen LogP contribution in [0.5, 0.6) is 11.5 Å². The van der Waals surface area contributed by atoms with E-state index in [9.17, 15) is 13.2 Å². The van der Waals surface area contributed by atoms with E-state index in [1.165, 1.54) is 11.4 Å². The van der Waals surface area contributed by atoms with Crippen molar-refractivity contribution in [2.45, 2.75) is 30.7 Å². The molecule has 1 aliphatic rings. The molecule has 3 rings (SSSR count). The van der Waals surface area contributed by atoms with Crippen LogP contribution in [0.15, 0.2) is 53.4 Å². The fourth-order valence-corrected chi connectivity index (χ4v) is 4.31. The number of nitrogens with zero attached hydrogens (tertiary/aromatic N) is 1. The summed E-state index contributed by atoms with van der Waals surface area (Å²) in [7, 11) is -2.01. The minimum Gasteiger partial charge on any atom is -0.486 e. The topological polar surface area (TPSA) is 84.9 Å². The smallest absolute Gasteiger partial charge is 0.242 e. The van der Waals surface area contributed by atoms with E-state index in [-0.39, 0.29) is 29.8 Å². The summed E-state index contributed by atoms with van der Waals surface area (Å²) < 4.78 is 37.3. The van der Waals surface area contributed by atoms with E-state index < -0.39 is 10.0 Å². The van der Waals surface area contributed by atoms with Crippen molar-refractivity contribution in [3.8, 4) is 11.5 Å². The molecule has 1 atom stereocenters. The highest BCUT2D eigenvalue weighted by Gasteiger charge is 2.20. The first-order valence-electron chi connectivity index (χ1n) is 9.58. The molecule has 29 heavy (non-hydrogen) atoms. The maximum atomic E-state index is 12.5. The van der Waals surface area contributed by atoms with Gasteiger partial charge in [-0.3, -0.25) is 4.79 Å². The second kappa shape index (κ2) is 9.28. The lowest BCUT2D eigenvalue weighted by atomic mass is 10.1. The summed E-state index contributed by atoms with van der Waals surface area (Å²) in [6.45, 7) is 3.21. The lowest BCUT2D eigenvalue weighted by Gasteiger charge is -2.21. The van der Waals surface area contributed by atoms with Gasteiger partial charge in [0.2, 0.25) is 15.9 Å². The summed E-state index contributed by atoms with van der Waals surface area (Å²) in [4.78, 5) is 12.5. The molecular weight excluding hydrogens is 392 g/mol. The van der Waals surface area contributed by atoms with E-state index in [2.05, 4.69) is 5.32 Å². The van der Waals surface area contributed by atoms with Gasteiger partial charge in [0.05, 0.1) is 10.9 Å². The summed E-state index contributed by atoms with van der Waals surface area (Å²) in [6, 6.07) is 13.7. The van der Waals surface area contributed by atoms with Crippen molar-refractivity contribution in [2.24, 2.45) is 0 Å². The number of fused-ring (bicyclic) bond motifs is 1. The van der Waals surface area contributed by atoms with Crippen LogP contribution in [-0.2, 0) is 14.8 Å². The normalized spacial score (nSPS) is 14.4. The van der Waals surface area contributed by atoms with Crippen LogP contribution in [0.2, 0.25) is 0 Å². The van der Waals surface area contributed by atoms with E-state index in [4.69, 9.17) is 9.47 Å². The van der Waals surface area contributed by atoms with Gasteiger partial charge in [0, 0.05) is 20.0 Å². The molecule has 156 valence electrons. The average Bonchev–Trinajstić information content (AvgIpc) is 2.73. The van der Waals surface area contributed by atoms with Crippen molar-refractivity contribution in [3.05, 3.63) is 54.1 Å². The van der Waals surface area contributed by atoms with Crippen LogP contribution in [0.4, 0.5) is 0 Å². The number of amides is 1. The lowest BCUT2D eigenvalue weighted by Crippen LogP contribution is -2.30. The van der Waals surface area contributed by atoms with Gasteiger partial charge in [-0.2, -0.15) is 0 Å². The van der Waals surface area contributed by atoms with Crippen molar-refractivity contribution in [2.75, 3.05) is 26.8 Å². The Kier molecular flexibility index (Phi) is 6.76. The molecule has 0 saturated carbocycles. The zero-order chi connectivity index (χ0) is 20.9. The first-order chi connectivity index (χ1) is 13.9. The number of nitrogens with one attached hydrogen (secondary N) is 1. The fraction of sp³-hybridized carbons (Fsp3) is 0.381. The van der Waals surface area contributed by atoms with Gasteiger partial charge in [-0.1, -0.05) is 24.3 Å². The van der Waals surface area contributed by atoms with Gasteiger partial charge in [0.1, 0.15) is 13.2 Å². The molecule has 0 radical (unpaired) electrons. The van der Waals surface area contributed by atoms with E-state index in [0.717, 1.165) is 5.56 Å². The van der Waals surface area contributed by atoms with E-state index in [1.807, 2.05) is 25.1 Å². The van der Waals surface area contributed by atoms with Gasteiger partial charge in [-0.05, 0) is 43.2 Å². The predicted octanol–water partition coefficient (Wildman–Crippen LogP) is 2.74. The van der Waals surface area contributed by atoms with Crippen LogP contribution in [0, 0.1) is 0 Å². The molecular formula is C21H26N2O5S. The minimum atomic E-state index is -3.54. The van der Waals surface area contributed by atoms with E-state index in [0.29, 0.717) is 31.1 Å². The molecule has 1 unspecified atom stereocenters. The van der Waals surface area contributed by atoms with Crippen LogP contribution < -0.4 is 14.8 Å². The molecule has 1 heterocycles. The third kappa shape index (κ3) is 5.27. The highest BCUT2D eigenvalue weighted by Crippen LogP contribution is 2.32. The average molecular weight is 419 g/mol. The molecule has 1 aliphatic heterocycles. The van der Waals surface area contributed by atoms with Crippen LogP contribution >= 0.6 is 0 Å². The molecule has 0 saturated heterocycles. The molecule has 0 bridgehead atoms. The van der Waals surface area contributed by atoms with Crippen molar-refractivity contribution in [1.82, 2.24) is 9.62 Å². The quantitative estimate of drug-likeness (QED) is 0.713. The molecule has 2 aromatic rings. The summed E-state index contributed by atoms with van der Waals surface area (Å²) in [6.07, 6.45) is 0.672. The Hall–Kier alpha value is -2.58. The molecule has 0 aromatic heterocycles. The molecule has 2 aromatic carbocycles. The van der Waals surface area contributed by atoms with Gasteiger partial charge < -0.3 is 14.8 Å². The number of carbonyl (C=O) groups excluding carboxylic acids is 1. The van der Waals surface area contributed by atoms with Crippen molar-refractivity contribution < 1.29 is 22.7 Å². The fourth-order valence-electron chi connectivity index (χ4n) is 3.08. The number of hydrogen-bond acceptors (Lipinski definition) is 5. The number of sulfonamides is 1. The Balaban J connectivity index is 1.48. The van der Waals surface area contributed by atoms with Crippen molar-refractivity contribution in [1.29, 1.82) is 0 Å². The Morgan fingerprint density at radius 1 is 1.10 bits per heavy atom. The third-order valence-electron chi connectivity index (χ3n) is 4.77. The van der Waals surface area contributed by atoms with Crippen LogP contribution in [0.3, 0.4) is 0 Å². The van der Waals surface area contributed by atoms with Gasteiger partial charge in [-0.25, -0.2) is 12.7 Å². The number of rotatable bonds is 8. The molecule has 1 amide bonds. The highest BCUT2D eigenvalue weighted by atomic mass is 32.2. The van der Waals surface area contributed by atoms with Crippen LogP contribution in [-0.4, -0.2) is 45.4 Å². The monoisotopic (exact) mass is 418 g/mol. The van der Waals surface area contributed by atoms with Crippen molar-refractivity contribution >= 4 is 15.9 Å². The number of carbonyl (C=O) groups is 1. The van der Waals surface area contributed by atoms with Gasteiger partial charge in [0.25, 0.3) is 0 Å². The van der Waals surface area contributed by atoms with E-state index in [1.54, 1.807) is 30.3 Å². The Morgan fingerprint density at radius 3 is 2.52 bits per heavy atom. The van der Waals surface area contributed by atoms with Gasteiger partial charge in [-0.15, -0.1) is 0 Å². The predicted molar refractivity (Wildman–Crippen MR) is 109 cm³/mol. The largest absolute Gasteiger partial charge is 0.486 e. The standard InChI is InChI=1S/C21H26N2O5S/c1-16(17-10-11-19-20(15-17)28-14-13-27-19)22-21(24)9-6-12-23(2)29(25,26)18-7-4-3-5-8-18/h3-5,7-8,10-11,15-16H,6,9,12-14H2,1-2H3,(H,22,24). The zero-order valence-electron chi connectivity index (χ0n) is 16.6. The Labute approximate surface area is 171 Å². The molecule has 8 heteroatoms. The Bertz CT molecular complexity index is 947. The van der Waals surface area contributed by atoms with Gasteiger partial charge in [0.15, 0.2) is 11.5 Å². The first kappa shape index (κ1) is 21.1. The third-order valence-corrected chi connectivity index (χ3v) is 6.64. The Morgan fingerprint density at radius 2 is 1.79 bits per heavy atom. The first-order valence-corrected chi connectivity index (χ1v) is 11.0. The highest BCUT2D eigenvalue weighted by molar-refractivity contribution is 7.89.